The van der Waals surface area contributed by atoms with E-state index in [2.05, 4.69) is 10.6 Å². The van der Waals surface area contributed by atoms with Crippen molar-refractivity contribution in [3.8, 4) is 5.75 Å². The molecule has 9 heteroatoms. The molecule has 1 heterocycles. The number of rotatable bonds is 5. The molecular formula is C12H11FN3O5. The first-order chi connectivity index (χ1) is 9.95. The summed E-state index contributed by atoms with van der Waals surface area (Å²) in [5, 5.41) is 16.5. The van der Waals surface area contributed by atoms with Crippen LogP contribution in [-0.2, 0) is 9.59 Å². The highest BCUT2D eigenvalue weighted by Crippen LogP contribution is 2.44. The fourth-order valence-corrected chi connectivity index (χ4v) is 1.77. The number of fused-ring (bicyclic) bond motifs is 1. The molecule has 0 bridgehead atoms. The van der Waals surface area contributed by atoms with Crippen molar-refractivity contribution in [1.29, 1.82) is 0 Å². The maximum Gasteiger partial charge on any atom is 0.341 e. The van der Waals surface area contributed by atoms with Crippen molar-refractivity contribution in [2.45, 2.75) is 19.8 Å². The van der Waals surface area contributed by atoms with E-state index in [1.807, 2.05) is 6.92 Å². The van der Waals surface area contributed by atoms with E-state index in [0.717, 1.165) is 12.5 Å². The lowest BCUT2D eigenvalue weighted by Crippen LogP contribution is -2.33. The number of amides is 2. The second-order valence-electron chi connectivity index (χ2n) is 4.26. The van der Waals surface area contributed by atoms with Crippen molar-refractivity contribution in [3.05, 3.63) is 22.0 Å². The van der Waals surface area contributed by atoms with Gasteiger partial charge in [-0.05, 0) is 6.42 Å². The summed E-state index contributed by atoms with van der Waals surface area (Å²) < 4.78 is 19.0. The Balaban J connectivity index is 2.51. The van der Waals surface area contributed by atoms with Crippen LogP contribution in [0.2, 0.25) is 0 Å². The number of carbonyl (C=O) groups excluding carboxylic acids is 2. The number of unbranched alkanes of at least 4 members (excludes halogenated alkanes) is 1. The van der Waals surface area contributed by atoms with Gasteiger partial charge in [-0.25, -0.2) is 4.39 Å². The van der Waals surface area contributed by atoms with Gasteiger partial charge in [0.1, 0.15) is 0 Å². The lowest BCUT2D eigenvalue weighted by Gasteiger charge is -2.17. The summed E-state index contributed by atoms with van der Waals surface area (Å²) in [4.78, 5) is 32.7. The highest BCUT2D eigenvalue weighted by Gasteiger charge is 2.36. The van der Waals surface area contributed by atoms with Gasteiger partial charge < -0.3 is 10.1 Å². The molecule has 8 nitrogen and oxygen atoms in total. The Bertz CT molecular complexity index is 632. The molecule has 1 aromatic rings. The molecule has 2 amide bonds. The van der Waals surface area contributed by atoms with Gasteiger partial charge in [0.25, 0.3) is 0 Å². The highest BCUT2D eigenvalue weighted by molar-refractivity contribution is 6.42. The van der Waals surface area contributed by atoms with Crippen molar-refractivity contribution in [3.63, 3.8) is 0 Å². The first-order valence-electron chi connectivity index (χ1n) is 6.16. The summed E-state index contributed by atoms with van der Waals surface area (Å²) in [7, 11) is 0. The Morgan fingerprint density at radius 1 is 1.48 bits per heavy atom. The summed E-state index contributed by atoms with van der Waals surface area (Å²) in [6.07, 6.45) is 1.35. The minimum atomic E-state index is -1.18. The standard InChI is InChI=1S/C12H11FN3O5/c1-2-3-4-21-10-6(13)5-7-8(9(10)16(19)20)15-12(18)11(17)14-7/h5H,2-4H2,1H3,(H,14,17). The lowest BCUT2D eigenvalue weighted by atomic mass is 10.1. The number of anilines is 1. The van der Waals surface area contributed by atoms with Gasteiger partial charge in [0.05, 0.1) is 17.2 Å². The number of hydrogen-bond acceptors (Lipinski definition) is 5. The third-order valence-electron chi connectivity index (χ3n) is 2.77. The second-order valence-corrected chi connectivity index (χ2v) is 4.26. The van der Waals surface area contributed by atoms with E-state index in [1.165, 1.54) is 0 Å². The molecule has 0 aromatic heterocycles. The Hall–Kier alpha value is -2.71. The van der Waals surface area contributed by atoms with Crippen LogP contribution < -0.4 is 15.4 Å². The molecule has 0 fully saturated rings. The van der Waals surface area contributed by atoms with Crippen LogP contribution in [0.25, 0.3) is 0 Å². The molecule has 1 radical (unpaired) electrons. The zero-order valence-electron chi connectivity index (χ0n) is 11.0. The number of nitrogens with zero attached hydrogens (tertiary/aromatic N) is 2. The Morgan fingerprint density at radius 3 is 2.81 bits per heavy atom. The van der Waals surface area contributed by atoms with Crippen molar-refractivity contribution in [1.82, 2.24) is 5.32 Å². The predicted molar refractivity (Wildman–Crippen MR) is 68.9 cm³/mol. The van der Waals surface area contributed by atoms with E-state index >= 15 is 0 Å². The fraction of sp³-hybridized carbons (Fsp3) is 0.333. The number of carbonyl (C=O) groups is 2. The molecular weight excluding hydrogens is 285 g/mol. The summed E-state index contributed by atoms with van der Waals surface area (Å²) in [6, 6.07) is 0.845. The number of nitrogens with one attached hydrogen (secondary N) is 1. The fourth-order valence-electron chi connectivity index (χ4n) is 1.77. The number of nitro benzene ring substituents is 1. The smallest absolute Gasteiger partial charge is 0.341 e. The van der Waals surface area contributed by atoms with E-state index in [9.17, 15) is 24.1 Å². The van der Waals surface area contributed by atoms with Crippen molar-refractivity contribution >= 4 is 28.9 Å². The van der Waals surface area contributed by atoms with Gasteiger partial charge in [-0.15, -0.1) is 0 Å². The third kappa shape index (κ3) is 2.76. The van der Waals surface area contributed by atoms with Crippen LogP contribution in [0.5, 0.6) is 5.75 Å². The Kier molecular flexibility index (Phi) is 4.01. The van der Waals surface area contributed by atoms with Crippen LogP contribution in [0.15, 0.2) is 6.07 Å². The highest BCUT2D eigenvalue weighted by atomic mass is 19.1. The van der Waals surface area contributed by atoms with Gasteiger partial charge in [-0.2, -0.15) is 5.32 Å². The van der Waals surface area contributed by atoms with Crippen LogP contribution in [0.3, 0.4) is 0 Å². The predicted octanol–water partition coefficient (Wildman–Crippen LogP) is 1.63. The minimum absolute atomic E-state index is 0.0906. The van der Waals surface area contributed by atoms with Crippen LogP contribution in [0.4, 0.5) is 21.5 Å². The zero-order valence-corrected chi connectivity index (χ0v) is 11.0. The van der Waals surface area contributed by atoms with E-state index in [4.69, 9.17) is 4.74 Å². The number of hydrogen-bond donors (Lipinski definition) is 1. The molecule has 111 valence electrons. The van der Waals surface area contributed by atoms with E-state index in [-0.39, 0.29) is 12.3 Å². The van der Waals surface area contributed by atoms with Crippen LogP contribution in [0, 0.1) is 15.9 Å². The van der Waals surface area contributed by atoms with Gasteiger partial charge in [0.2, 0.25) is 5.75 Å². The molecule has 1 aromatic carbocycles. The van der Waals surface area contributed by atoms with Gasteiger partial charge in [-0.1, -0.05) is 13.3 Å². The Labute approximate surface area is 118 Å². The Morgan fingerprint density at radius 2 is 2.19 bits per heavy atom. The minimum Gasteiger partial charge on any atom is -0.485 e. The molecule has 0 spiro atoms. The number of benzene rings is 1. The first-order valence-corrected chi connectivity index (χ1v) is 6.16. The molecule has 2 rings (SSSR count). The molecule has 1 N–H and O–H groups in total. The first kappa shape index (κ1) is 14.7. The maximum atomic E-state index is 13.9. The molecule has 1 aliphatic rings. The lowest BCUT2D eigenvalue weighted by molar-refractivity contribution is -0.385. The largest absolute Gasteiger partial charge is 0.485 e. The monoisotopic (exact) mass is 296 g/mol. The van der Waals surface area contributed by atoms with Crippen molar-refractivity contribution in [2.75, 3.05) is 11.9 Å². The SMILES string of the molecule is CCCCOc1c(F)cc2c(c1[N+](=O)[O-])[N]C(=O)C(=O)N2. The normalized spacial score (nSPS) is 13.2. The van der Waals surface area contributed by atoms with Crippen LogP contribution >= 0.6 is 0 Å². The van der Waals surface area contributed by atoms with E-state index < -0.39 is 39.7 Å². The van der Waals surface area contributed by atoms with Gasteiger partial charge in [0.15, 0.2) is 11.5 Å². The number of nitro groups is 1. The molecule has 0 aliphatic carbocycles. The van der Waals surface area contributed by atoms with Gasteiger partial charge >= 0.3 is 17.5 Å². The average molecular weight is 296 g/mol. The molecule has 0 atom stereocenters. The second kappa shape index (κ2) is 5.73. The maximum absolute atomic E-state index is 13.9. The van der Waals surface area contributed by atoms with E-state index in [1.54, 1.807) is 0 Å². The molecule has 1 aliphatic heterocycles. The summed E-state index contributed by atoms with van der Waals surface area (Å²) in [6.45, 7) is 1.97. The van der Waals surface area contributed by atoms with E-state index in [0.29, 0.717) is 6.42 Å². The number of ether oxygens (including phenoxy) is 1. The summed E-state index contributed by atoms with van der Waals surface area (Å²) >= 11 is 0. The van der Waals surface area contributed by atoms with Crippen LogP contribution in [-0.4, -0.2) is 23.3 Å². The number of halogens is 1. The average Bonchev–Trinajstić information content (AvgIpc) is 2.41. The third-order valence-corrected chi connectivity index (χ3v) is 2.77. The van der Waals surface area contributed by atoms with Crippen molar-refractivity contribution < 1.29 is 23.6 Å². The van der Waals surface area contributed by atoms with Crippen LogP contribution in [0.1, 0.15) is 19.8 Å². The zero-order chi connectivity index (χ0) is 15.6. The topological polar surface area (TPSA) is 113 Å². The van der Waals surface area contributed by atoms with Gasteiger partial charge in [-0.3, -0.25) is 19.7 Å². The van der Waals surface area contributed by atoms with Gasteiger partial charge in [0, 0.05) is 6.07 Å². The molecule has 0 saturated heterocycles. The summed E-state index contributed by atoms with van der Waals surface area (Å²) in [5.41, 5.74) is -1.40. The molecule has 0 unspecified atom stereocenters. The summed E-state index contributed by atoms with van der Waals surface area (Å²) in [5.74, 6) is -3.84. The van der Waals surface area contributed by atoms with Crippen molar-refractivity contribution in [2.24, 2.45) is 0 Å². The molecule has 0 saturated carbocycles. The molecule has 21 heavy (non-hydrogen) atoms. The quantitative estimate of drug-likeness (QED) is 0.384.